The van der Waals surface area contributed by atoms with Crippen LogP contribution in [-0.4, -0.2) is 9.78 Å². The van der Waals surface area contributed by atoms with Crippen molar-refractivity contribution >= 4 is 10.8 Å². The Balaban J connectivity index is 1.44. The summed E-state index contributed by atoms with van der Waals surface area (Å²) in [7, 11) is 1.83. The molecule has 0 saturated carbocycles. The monoisotopic (exact) mass is 656 g/mol. The van der Waals surface area contributed by atoms with Crippen LogP contribution in [0.15, 0.2) is 67.0 Å². The van der Waals surface area contributed by atoms with Crippen molar-refractivity contribution in [3.8, 4) is 22.6 Å². The van der Waals surface area contributed by atoms with Crippen LogP contribution in [0.2, 0.25) is 0 Å². The van der Waals surface area contributed by atoms with E-state index in [0.717, 1.165) is 60.6 Å². The molecule has 1 unspecified atom stereocenters. The fourth-order valence-corrected chi connectivity index (χ4v) is 9.00. The second-order valence-electron chi connectivity index (χ2n) is 14.2. The zero-order chi connectivity index (χ0) is 34.2. The lowest BCUT2D eigenvalue weighted by molar-refractivity contribution is -0.762. The third-order valence-electron chi connectivity index (χ3n) is 11.5. The van der Waals surface area contributed by atoms with Gasteiger partial charge < -0.3 is 0 Å². The van der Waals surface area contributed by atoms with Gasteiger partial charge in [-0.05, 0) is 53.5 Å². The van der Waals surface area contributed by atoms with Crippen molar-refractivity contribution in [2.24, 2.45) is 7.05 Å². The molecule has 0 amide bonds. The fraction of sp³-hybridized carbons (Fsp3) is 0.425. The number of pyridine rings is 2. The third kappa shape index (κ3) is 4.65. The van der Waals surface area contributed by atoms with Crippen molar-refractivity contribution in [1.82, 2.24) is 9.78 Å². The van der Waals surface area contributed by atoms with E-state index in [4.69, 9.17) is 0 Å². The minimum Gasteiger partial charge on any atom is -0.258 e. The Kier molecular flexibility index (Phi) is 7.80. The van der Waals surface area contributed by atoms with Crippen molar-refractivity contribution in [2.45, 2.75) is 103 Å². The SMILES string of the molecule is CCCCc1ccc2c3c4[n+](ccc13)C(CC)(CC)C(CCn1nc(C(F)(F)F)cc1-c1cccc[n+]1C)c1ccc(F)c(c1-4)C2(C)C. The van der Waals surface area contributed by atoms with Crippen molar-refractivity contribution in [3.05, 3.63) is 101 Å². The molecular weight excluding hydrogens is 612 g/mol. The van der Waals surface area contributed by atoms with Gasteiger partial charge in [-0.1, -0.05) is 59.2 Å². The Morgan fingerprint density at radius 1 is 0.958 bits per heavy atom. The van der Waals surface area contributed by atoms with Crippen LogP contribution in [0.25, 0.3) is 33.4 Å². The zero-order valence-electron chi connectivity index (χ0n) is 28.7. The van der Waals surface area contributed by atoms with Gasteiger partial charge >= 0.3 is 6.18 Å². The largest absolute Gasteiger partial charge is 0.435 e. The molecule has 0 fully saturated rings. The zero-order valence-corrected chi connectivity index (χ0v) is 28.7. The number of aromatic nitrogens is 4. The Morgan fingerprint density at radius 2 is 1.73 bits per heavy atom. The molecule has 0 saturated heterocycles. The van der Waals surface area contributed by atoms with E-state index in [2.05, 4.69) is 68.7 Å². The van der Waals surface area contributed by atoms with Crippen LogP contribution in [0.4, 0.5) is 17.6 Å². The van der Waals surface area contributed by atoms with E-state index in [0.29, 0.717) is 23.4 Å². The molecule has 0 bridgehead atoms. The summed E-state index contributed by atoms with van der Waals surface area (Å²) >= 11 is 0. The number of hydrogen-bond donors (Lipinski definition) is 0. The maximum Gasteiger partial charge on any atom is 0.435 e. The number of aryl methyl sites for hydroxylation is 3. The van der Waals surface area contributed by atoms with Crippen molar-refractivity contribution in [2.75, 3.05) is 0 Å². The van der Waals surface area contributed by atoms with E-state index in [-0.39, 0.29) is 23.8 Å². The van der Waals surface area contributed by atoms with Crippen LogP contribution < -0.4 is 9.13 Å². The number of hydrogen-bond acceptors (Lipinski definition) is 1. The van der Waals surface area contributed by atoms with E-state index in [9.17, 15) is 13.2 Å². The van der Waals surface area contributed by atoms with Crippen LogP contribution in [0.5, 0.6) is 0 Å². The second kappa shape index (κ2) is 11.5. The van der Waals surface area contributed by atoms with Crippen molar-refractivity contribution in [1.29, 1.82) is 0 Å². The molecular formula is C40H44F4N4+2. The average Bonchev–Trinajstić information content (AvgIpc) is 3.50. The summed E-state index contributed by atoms with van der Waals surface area (Å²) in [5, 5.41) is 6.58. The molecule has 4 nitrogen and oxygen atoms in total. The summed E-state index contributed by atoms with van der Waals surface area (Å²) in [5.41, 5.74) is 5.50. The van der Waals surface area contributed by atoms with Crippen LogP contribution in [0.1, 0.15) is 101 Å². The molecule has 250 valence electrons. The number of nitrogens with zero attached hydrogens (tertiary/aromatic N) is 4. The Morgan fingerprint density at radius 3 is 2.42 bits per heavy atom. The van der Waals surface area contributed by atoms with Crippen LogP contribution >= 0.6 is 0 Å². The number of alkyl halides is 3. The molecule has 1 aliphatic carbocycles. The van der Waals surface area contributed by atoms with E-state index in [1.807, 2.05) is 42.1 Å². The highest BCUT2D eigenvalue weighted by Gasteiger charge is 2.55. The Bertz CT molecular complexity index is 2050. The third-order valence-corrected chi connectivity index (χ3v) is 11.5. The number of rotatable bonds is 9. The van der Waals surface area contributed by atoms with E-state index in [1.54, 1.807) is 6.07 Å². The first-order valence-electron chi connectivity index (χ1n) is 17.3. The molecule has 8 heteroatoms. The van der Waals surface area contributed by atoms with Crippen LogP contribution in [-0.2, 0) is 37.1 Å². The van der Waals surface area contributed by atoms with Gasteiger partial charge in [-0.3, -0.25) is 4.68 Å². The molecule has 0 N–H and O–H groups in total. The highest BCUT2D eigenvalue weighted by atomic mass is 19.4. The lowest BCUT2D eigenvalue weighted by atomic mass is 9.62. The molecule has 3 aromatic heterocycles. The van der Waals surface area contributed by atoms with Crippen molar-refractivity contribution < 1.29 is 26.7 Å². The molecule has 1 aliphatic heterocycles. The van der Waals surface area contributed by atoms with Gasteiger partial charge in [-0.2, -0.15) is 27.4 Å². The predicted molar refractivity (Wildman–Crippen MR) is 180 cm³/mol. The summed E-state index contributed by atoms with van der Waals surface area (Å²) in [6.45, 7) is 11.1. The van der Waals surface area contributed by atoms with Gasteiger partial charge in [-0.25, -0.2) is 4.39 Å². The molecule has 7 rings (SSSR count). The molecule has 1 atom stereocenters. The summed E-state index contributed by atoms with van der Waals surface area (Å²) in [4.78, 5) is 0. The lowest BCUT2D eigenvalue weighted by Gasteiger charge is -2.45. The first kappa shape index (κ1) is 32.5. The lowest BCUT2D eigenvalue weighted by Crippen LogP contribution is -2.63. The highest BCUT2D eigenvalue weighted by molar-refractivity contribution is 6.02. The second-order valence-corrected chi connectivity index (χ2v) is 14.2. The summed E-state index contributed by atoms with van der Waals surface area (Å²) in [6.07, 6.45) is 4.81. The minimum absolute atomic E-state index is 0.0895. The first-order chi connectivity index (χ1) is 22.9. The Labute approximate surface area is 280 Å². The van der Waals surface area contributed by atoms with Gasteiger partial charge in [0.1, 0.15) is 18.6 Å². The smallest absolute Gasteiger partial charge is 0.258 e. The van der Waals surface area contributed by atoms with E-state index >= 15 is 4.39 Å². The molecule has 2 aromatic carbocycles. The van der Waals surface area contributed by atoms with E-state index in [1.165, 1.54) is 21.0 Å². The summed E-state index contributed by atoms with van der Waals surface area (Å²) < 4.78 is 64.1. The van der Waals surface area contributed by atoms with Gasteiger partial charge in [0, 0.05) is 54.6 Å². The van der Waals surface area contributed by atoms with Gasteiger partial charge in [0.25, 0.3) is 0 Å². The Hall–Kier alpha value is -4.07. The normalized spacial score (nSPS) is 17.2. The van der Waals surface area contributed by atoms with Gasteiger partial charge in [0.2, 0.25) is 11.4 Å². The number of benzene rings is 2. The predicted octanol–water partition coefficient (Wildman–Crippen LogP) is 9.32. The number of halogens is 4. The van der Waals surface area contributed by atoms with Gasteiger partial charge in [-0.15, -0.1) is 0 Å². The molecule has 4 heterocycles. The van der Waals surface area contributed by atoms with Gasteiger partial charge in [0.15, 0.2) is 23.6 Å². The summed E-state index contributed by atoms with van der Waals surface area (Å²) in [6, 6.07) is 16.9. The quantitative estimate of drug-likeness (QED) is 0.115. The van der Waals surface area contributed by atoms with E-state index < -0.39 is 17.3 Å². The molecule has 0 radical (unpaired) electrons. The fourth-order valence-electron chi connectivity index (χ4n) is 9.00. The highest BCUT2D eigenvalue weighted by Crippen LogP contribution is 2.56. The average molecular weight is 657 g/mol. The molecule has 48 heavy (non-hydrogen) atoms. The van der Waals surface area contributed by atoms with Crippen LogP contribution in [0, 0.1) is 5.82 Å². The minimum atomic E-state index is -4.57. The maximum atomic E-state index is 16.2. The summed E-state index contributed by atoms with van der Waals surface area (Å²) in [5.74, 6) is -0.309. The molecule has 0 spiro atoms. The van der Waals surface area contributed by atoms with Crippen LogP contribution in [0.3, 0.4) is 0 Å². The van der Waals surface area contributed by atoms with Crippen molar-refractivity contribution in [3.63, 3.8) is 0 Å². The van der Waals surface area contributed by atoms with Gasteiger partial charge in [0.05, 0.1) is 16.9 Å². The molecule has 2 aliphatic rings. The number of unbranched alkanes of at least 4 members (excludes halogenated alkanes) is 1. The standard InChI is InChI=1S/C40H44F4N4/c1-7-10-13-25-15-17-29-34-26(25)19-22-47-37(34)35-27(16-18-30(41)36(35)38(29,4)5)28(39(47,8-2)9-3)20-23-48-32(24-33(45-48)40(42,43)44)31-14-11-12-21-46(31)6/h11-12,14-19,21-22,24,28H,7-10,13,20,23H2,1-6H3/q+2. The maximum absolute atomic E-state index is 16.2. The first-order valence-corrected chi connectivity index (χ1v) is 17.3. The topological polar surface area (TPSA) is 25.6 Å². The molecule has 5 aromatic rings.